The van der Waals surface area contributed by atoms with E-state index in [1.54, 1.807) is 28.8 Å². The predicted molar refractivity (Wildman–Crippen MR) is 126 cm³/mol. The van der Waals surface area contributed by atoms with Crippen molar-refractivity contribution in [3.63, 3.8) is 0 Å². The molecule has 8 heteroatoms. The topological polar surface area (TPSA) is 88.8 Å². The van der Waals surface area contributed by atoms with E-state index in [0.717, 1.165) is 0 Å². The summed E-state index contributed by atoms with van der Waals surface area (Å²) >= 11 is 5.92. The minimum Gasteiger partial charge on any atom is -0.494 e. The molecule has 0 saturated heterocycles. The van der Waals surface area contributed by atoms with Crippen LogP contribution in [0.25, 0.3) is 10.9 Å². The van der Waals surface area contributed by atoms with Gasteiger partial charge < -0.3 is 19.5 Å². The molecule has 0 unspecified atom stereocenters. The van der Waals surface area contributed by atoms with Crippen LogP contribution in [0.1, 0.15) is 48.7 Å². The van der Waals surface area contributed by atoms with Crippen LogP contribution in [0.15, 0.2) is 41.3 Å². The summed E-state index contributed by atoms with van der Waals surface area (Å²) in [5.41, 5.74) is 0.0552. The Morgan fingerprint density at radius 1 is 1.24 bits per heavy atom. The lowest BCUT2D eigenvalue weighted by molar-refractivity contribution is 0.0694. The van der Waals surface area contributed by atoms with Gasteiger partial charge in [-0.25, -0.2) is 9.18 Å². The molecule has 2 N–H and O–H groups in total. The number of benzene rings is 2. The summed E-state index contributed by atoms with van der Waals surface area (Å²) in [6, 6.07) is 7.96. The van der Waals surface area contributed by atoms with Gasteiger partial charge in [0.2, 0.25) is 5.43 Å². The lowest BCUT2D eigenvalue weighted by Gasteiger charge is -2.27. The van der Waals surface area contributed by atoms with Gasteiger partial charge in [-0.15, -0.1) is 0 Å². The number of nitrogens with zero attached hydrogens (tertiary/aromatic N) is 1. The highest BCUT2D eigenvalue weighted by Crippen LogP contribution is 2.31. The van der Waals surface area contributed by atoms with Gasteiger partial charge in [0.25, 0.3) is 0 Å². The highest BCUT2D eigenvalue weighted by Gasteiger charge is 2.23. The number of hydrogen-bond donors (Lipinski definition) is 2. The molecular weight excluding hydrogens is 449 g/mol. The van der Waals surface area contributed by atoms with Crippen molar-refractivity contribution >= 4 is 28.5 Å². The molecule has 0 amide bonds. The van der Waals surface area contributed by atoms with Crippen molar-refractivity contribution in [3.05, 3.63) is 74.3 Å². The molecule has 0 bridgehead atoms. The first-order chi connectivity index (χ1) is 15.6. The fourth-order valence-electron chi connectivity index (χ4n) is 3.91. The van der Waals surface area contributed by atoms with E-state index in [1.165, 1.54) is 12.3 Å². The van der Waals surface area contributed by atoms with E-state index in [4.69, 9.17) is 16.3 Å². The van der Waals surface area contributed by atoms with E-state index in [1.807, 2.05) is 20.8 Å². The number of carbonyl (C=O) groups is 1. The van der Waals surface area contributed by atoms with Gasteiger partial charge in [0.05, 0.1) is 17.1 Å². The van der Waals surface area contributed by atoms with E-state index in [0.29, 0.717) is 42.0 Å². The first kappa shape index (κ1) is 24.7. The lowest BCUT2D eigenvalue weighted by atomic mass is 9.89. The molecule has 0 saturated carbocycles. The number of ether oxygens (including phenoxy) is 1. The molecule has 6 nitrogen and oxygen atoms in total. The van der Waals surface area contributed by atoms with Crippen LogP contribution in [0.3, 0.4) is 0 Å². The quantitative estimate of drug-likeness (QED) is 0.460. The van der Waals surface area contributed by atoms with Crippen molar-refractivity contribution in [2.24, 2.45) is 5.41 Å². The second-order valence-corrected chi connectivity index (χ2v) is 9.15. The fraction of sp³-hybridized carbons (Fsp3) is 0.360. The maximum atomic E-state index is 14.6. The van der Waals surface area contributed by atoms with E-state index in [9.17, 15) is 24.2 Å². The summed E-state index contributed by atoms with van der Waals surface area (Å²) < 4.78 is 22.1. The monoisotopic (exact) mass is 475 g/mol. The Hall–Kier alpha value is -2.90. The van der Waals surface area contributed by atoms with Gasteiger partial charge in [0.1, 0.15) is 17.1 Å². The maximum absolute atomic E-state index is 14.6. The third-order valence-corrected chi connectivity index (χ3v) is 5.88. The third-order valence-electron chi connectivity index (χ3n) is 5.59. The van der Waals surface area contributed by atoms with Crippen LogP contribution in [0.4, 0.5) is 4.39 Å². The van der Waals surface area contributed by atoms with Crippen LogP contribution in [0.5, 0.6) is 5.75 Å². The summed E-state index contributed by atoms with van der Waals surface area (Å²) in [6.07, 6.45) is 1.94. The molecule has 2 aromatic carbocycles. The van der Waals surface area contributed by atoms with Crippen molar-refractivity contribution in [3.8, 4) is 5.75 Å². The largest absolute Gasteiger partial charge is 0.494 e. The van der Waals surface area contributed by atoms with Crippen LogP contribution in [-0.2, 0) is 13.0 Å². The highest BCUT2D eigenvalue weighted by molar-refractivity contribution is 6.30. The zero-order chi connectivity index (χ0) is 24.3. The molecule has 0 aliphatic heterocycles. The number of aromatic carboxylic acids is 1. The van der Waals surface area contributed by atoms with E-state index in [2.05, 4.69) is 0 Å². The van der Waals surface area contributed by atoms with Gasteiger partial charge in [-0.1, -0.05) is 37.6 Å². The Kier molecular flexibility index (Phi) is 7.44. The zero-order valence-electron chi connectivity index (χ0n) is 18.8. The standard InChI is InChI=1S/C25H27ClFNO5/c1-4-33-21-12-20-17(11-16(21)10-15-6-5-7-19(26)22(15)27)23(30)18(24(31)32)13-28(20)14-25(2,3)8-9-29/h5-7,11-13,29H,4,8-10,14H2,1-3H3,(H,31,32). The van der Waals surface area contributed by atoms with Crippen LogP contribution in [0, 0.1) is 11.2 Å². The van der Waals surface area contributed by atoms with Crippen LogP contribution < -0.4 is 10.2 Å². The van der Waals surface area contributed by atoms with Gasteiger partial charge in [0.15, 0.2) is 0 Å². The van der Waals surface area contributed by atoms with E-state index < -0.39 is 17.2 Å². The Morgan fingerprint density at radius 2 is 1.97 bits per heavy atom. The molecule has 0 aliphatic carbocycles. The molecule has 1 heterocycles. The highest BCUT2D eigenvalue weighted by atomic mass is 35.5. The molecule has 3 rings (SSSR count). The maximum Gasteiger partial charge on any atom is 0.341 e. The number of carboxylic acid groups (broad SMARTS) is 1. The molecule has 1 aromatic heterocycles. The van der Waals surface area contributed by atoms with Crippen molar-refractivity contribution < 1.29 is 24.1 Å². The molecule has 33 heavy (non-hydrogen) atoms. The Labute approximate surface area is 196 Å². The number of hydrogen-bond acceptors (Lipinski definition) is 4. The predicted octanol–water partition coefficient (Wildman–Crippen LogP) is 4.89. The number of fused-ring (bicyclic) bond motifs is 1. The van der Waals surface area contributed by atoms with Crippen molar-refractivity contribution in [1.82, 2.24) is 4.57 Å². The summed E-state index contributed by atoms with van der Waals surface area (Å²) in [5.74, 6) is -1.41. The van der Waals surface area contributed by atoms with Gasteiger partial charge in [0, 0.05) is 37.2 Å². The van der Waals surface area contributed by atoms with E-state index >= 15 is 0 Å². The molecule has 0 radical (unpaired) electrons. The van der Waals surface area contributed by atoms with Crippen molar-refractivity contribution in [2.45, 2.75) is 40.2 Å². The van der Waals surface area contributed by atoms with Crippen LogP contribution in [0.2, 0.25) is 5.02 Å². The number of halogens is 2. The van der Waals surface area contributed by atoms with Gasteiger partial charge >= 0.3 is 5.97 Å². The van der Waals surface area contributed by atoms with Crippen molar-refractivity contribution in [2.75, 3.05) is 13.2 Å². The number of aromatic nitrogens is 1. The first-order valence-corrected chi connectivity index (χ1v) is 11.1. The lowest BCUT2D eigenvalue weighted by Crippen LogP contribution is -2.25. The number of carboxylic acids is 1. The fourth-order valence-corrected chi connectivity index (χ4v) is 4.10. The average Bonchev–Trinajstić information content (AvgIpc) is 2.74. The summed E-state index contributed by atoms with van der Waals surface area (Å²) in [5, 5.41) is 19.2. The normalized spacial score (nSPS) is 11.7. The molecule has 0 spiro atoms. The second-order valence-electron chi connectivity index (χ2n) is 8.74. The average molecular weight is 476 g/mol. The second kappa shape index (κ2) is 9.93. The summed E-state index contributed by atoms with van der Waals surface area (Å²) in [4.78, 5) is 24.8. The zero-order valence-corrected chi connectivity index (χ0v) is 19.6. The minimum absolute atomic E-state index is 0.00659. The minimum atomic E-state index is -1.33. The smallest absolute Gasteiger partial charge is 0.341 e. The van der Waals surface area contributed by atoms with Gasteiger partial charge in [-0.3, -0.25) is 4.79 Å². The summed E-state index contributed by atoms with van der Waals surface area (Å²) in [6.45, 7) is 6.43. The number of rotatable bonds is 9. The number of aliphatic hydroxyl groups is 1. The molecule has 3 aromatic rings. The molecule has 0 aliphatic rings. The molecule has 0 fully saturated rings. The Balaban J connectivity index is 2.26. The first-order valence-electron chi connectivity index (χ1n) is 10.7. The number of pyridine rings is 1. The molecule has 0 atom stereocenters. The van der Waals surface area contributed by atoms with Gasteiger partial charge in [-0.05, 0) is 42.0 Å². The summed E-state index contributed by atoms with van der Waals surface area (Å²) in [7, 11) is 0. The van der Waals surface area contributed by atoms with Crippen LogP contribution >= 0.6 is 11.6 Å². The molecule has 176 valence electrons. The SMILES string of the molecule is CCOc1cc2c(cc1Cc1cccc(Cl)c1F)c(=O)c(C(=O)O)cn2CC(C)(C)CCO. The Morgan fingerprint density at radius 3 is 2.61 bits per heavy atom. The van der Waals surface area contributed by atoms with Crippen molar-refractivity contribution in [1.29, 1.82) is 0 Å². The third kappa shape index (κ3) is 5.37. The number of aliphatic hydroxyl groups excluding tert-OH is 1. The van der Waals surface area contributed by atoms with Gasteiger partial charge in [-0.2, -0.15) is 0 Å². The van der Waals surface area contributed by atoms with Crippen LogP contribution in [-0.4, -0.2) is 34.0 Å². The Bertz CT molecular complexity index is 1250. The van der Waals surface area contributed by atoms with E-state index in [-0.39, 0.29) is 34.4 Å². The molecular formula is C25H27ClFNO5.